The Labute approximate surface area is 198 Å². The number of halogens is 2. The van der Waals surface area contributed by atoms with E-state index in [4.69, 9.17) is 23.2 Å². The summed E-state index contributed by atoms with van der Waals surface area (Å²) in [6.07, 6.45) is 1.15. The highest BCUT2D eigenvalue weighted by molar-refractivity contribution is 7.90. The number of piperazine rings is 1. The minimum absolute atomic E-state index is 0.134. The second-order valence-corrected chi connectivity index (χ2v) is 10.6. The van der Waals surface area contributed by atoms with E-state index in [0.29, 0.717) is 41.8 Å². The van der Waals surface area contributed by atoms with Crippen LogP contribution in [-0.2, 0) is 9.84 Å². The smallest absolute Gasteiger partial charge is 0.254 e. The number of sulfone groups is 1. The van der Waals surface area contributed by atoms with Gasteiger partial charge in [0.25, 0.3) is 5.91 Å². The van der Waals surface area contributed by atoms with Crippen LogP contribution >= 0.6 is 23.2 Å². The van der Waals surface area contributed by atoms with E-state index in [1.54, 1.807) is 23.1 Å². The summed E-state index contributed by atoms with van der Waals surface area (Å²) < 4.78 is 24.3. The molecule has 0 aromatic heterocycles. The van der Waals surface area contributed by atoms with Crippen molar-refractivity contribution in [3.63, 3.8) is 0 Å². The zero-order chi connectivity index (χ0) is 22.9. The molecule has 1 saturated heterocycles. The fraction of sp³-hybridized carbons (Fsp3) is 0.208. The standard InChI is InChI=1S/C24H22Cl2N2O3S/c1-32(30,31)19-8-9-20(17-5-3-2-4-6-17)21(16-19)24(29)28-13-11-27(12-14-28)18-7-10-22(25)23(26)15-18/h2-10,15-16H,11-14H2,1H3. The van der Waals surface area contributed by atoms with Crippen molar-refractivity contribution in [1.29, 1.82) is 0 Å². The second-order valence-electron chi connectivity index (χ2n) is 7.72. The maximum atomic E-state index is 13.5. The third-order valence-corrected chi connectivity index (χ3v) is 7.42. The van der Waals surface area contributed by atoms with Gasteiger partial charge in [-0.15, -0.1) is 0 Å². The van der Waals surface area contributed by atoms with E-state index in [2.05, 4.69) is 4.90 Å². The number of rotatable bonds is 4. The molecule has 1 aliphatic heterocycles. The number of amides is 1. The van der Waals surface area contributed by atoms with Crippen LogP contribution in [0.2, 0.25) is 10.0 Å². The Balaban J connectivity index is 1.60. The molecule has 0 spiro atoms. The Morgan fingerprint density at radius 2 is 1.53 bits per heavy atom. The van der Waals surface area contributed by atoms with E-state index < -0.39 is 9.84 Å². The van der Waals surface area contributed by atoms with Gasteiger partial charge in [0.1, 0.15) is 0 Å². The summed E-state index contributed by atoms with van der Waals surface area (Å²) in [5, 5.41) is 0.996. The van der Waals surface area contributed by atoms with Crippen molar-refractivity contribution < 1.29 is 13.2 Å². The molecule has 0 saturated carbocycles. The van der Waals surface area contributed by atoms with Crippen molar-refractivity contribution in [3.8, 4) is 11.1 Å². The van der Waals surface area contributed by atoms with E-state index in [1.807, 2.05) is 42.5 Å². The first kappa shape index (κ1) is 22.6. The van der Waals surface area contributed by atoms with Gasteiger partial charge in [0, 0.05) is 43.7 Å². The monoisotopic (exact) mass is 488 g/mol. The molecule has 1 aliphatic rings. The lowest BCUT2D eigenvalue weighted by Gasteiger charge is -2.36. The van der Waals surface area contributed by atoms with Crippen molar-refractivity contribution in [2.75, 3.05) is 37.3 Å². The molecule has 166 valence electrons. The van der Waals surface area contributed by atoms with Crippen molar-refractivity contribution >= 4 is 44.6 Å². The molecule has 0 radical (unpaired) electrons. The Hall–Kier alpha value is -2.54. The summed E-state index contributed by atoms with van der Waals surface area (Å²) in [5.74, 6) is -0.178. The van der Waals surface area contributed by atoms with Crippen LogP contribution in [-0.4, -0.2) is 51.7 Å². The first-order chi connectivity index (χ1) is 15.2. The zero-order valence-electron chi connectivity index (χ0n) is 17.5. The van der Waals surface area contributed by atoms with Gasteiger partial charge < -0.3 is 9.80 Å². The quantitative estimate of drug-likeness (QED) is 0.516. The van der Waals surface area contributed by atoms with Gasteiger partial charge in [-0.05, 0) is 41.5 Å². The normalized spacial score (nSPS) is 14.5. The van der Waals surface area contributed by atoms with Gasteiger partial charge in [0.2, 0.25) is 0 Å². The molecule has 1 heterocycles. The van der Waals surface area contributed by atoms with Crippen LogP contribution in [0.5, 0.6) is 0 Å². The van der Waals surface area contributed by atoms with Crippen molar-refractivity contribution in [2.45, 2.75) is 4.90 Å². The first-order valence-electron chi connectivity index (χ1n) is 10.1. The highest BCUT2D eigenvalue weighted by atomic mass is 35.5. The van der Waals surface area contributed by atoms with E-state index in [1.165, 1.54) is 6.07 Å². The first-order valence-corrected chi connectivity index (χ1v) is 12.8. The predicted molar refractivity (Wildman–Crippen MR) is 130 cm³/mol. The van der Waals surface area contributed by atoms with Crippen LogP contribution in [0.25, 0.3) is 11.1 Å². The molecule has 5 nitrogen and oxygen atoms in total. The predicted octanol–water partition coefficient (Wildman–Crippen LogP) is 5.03. The highest BCUT2D eigenvalue weighted by Gasteiger charge is 2.26. The molecule has 0 N–H and O–H groups in total. The number of carbonyl (C=O) groups excluding carboxylic acids is 1. The Bertz CT molecular complexity index is 1260. The average molecular weight is 489 g/mol. The van der Waals surface area contributed by atoms with Crippen LogP contribution in [0.15, 0.2) is 71.6 Å². The molecule has 3 aromatic carbocycles. The molecule has 1 amide bonds. The maximum absolute atomic E-state index is 13.5. The van der Waals surface area contributed by atoms with Crippen LogP contribution in [0.4, 0.5) is 5.69 Å². The van der Waals surface area contributed by atoms with Crippen LogP contribution in [0.1, 0.15) is 10.4 Å². The second kappa shape index (κ2) is 9.14. The zero-order valence-corrected chi connectivity index (χ0v) is 19.8. The molecule has 0 atom stereocenters. The minimum atomic E-state index is -3.44. The Morgan fingerprint density at radius 1 is 0.844 bits per heavy atom. The number of anilines is 1. The van der Waals surface area contributed by atoms with E-state index in [0.717, 1.165) is 23.1 Å². The lowest BCUT2D eigenvalue weighted by Crippen LogP contribution is -2.49. The van der Waals surface area contributed by atoms with Gasteiger partial charge in [0.15, 0.2) is 9.84 Å². The largest absolute Gasteiger partial charge is 0.368 e. The van der Waals surface area contributed by atoms with Crippen molar-refractivity contribution in [3.05, 3.63) is 82.3 Å². The van der Waals surface area contributed by atoms with Gasteiger partial charge in [-0.2, -0.15) is 0 Å². The molecule has 0 aliphatic carbocycles. The van der Waals surface area contributed by atoms with Gasteiger partial charge in [0.05, 0.1) is 14.9 Å². The van der Waals surface area contributed by atoms with Crippen molar-refractivity contribution in [1.82, 2.24) is 4.90 Å². The number of benzene rings is 3. The summed E-state index contributed by atoms with van der Waals surface area (Å²) in [5.41, 5.74) is 2.93. The summed E-state index contributed by atoms with van der Waals surface area (Å²) in [4.78, 5) is 17.5. The summed E-state index contributed by atoms with van der Waals surface area (Å²) in [6.45, 7) is 2.29. The van der Waals surface area contributed by atoms with Crippen molar-refractivity contribution in [2.24, 2.45) is 0 Å². The van der Waals surface area contributed by atoms with Gasteiger partial charge in [-0.25, -0.2) is 8.42 Å². The van der Waals surface area contributed by atoms with Gasteiger partial charge in [-0.1, -0.05) is 59.6 Å². The molecular weight excluding hydrogens is 467 g/mol. The topological polar surface area (TPSA) is 57.7 Å². The molecular formula is C24H22Cl2N2O3S. The maximum Gasteiger partial charge on any atom is 0.254 e. The molecule has 0 unspecified atom stereocenters. The SMILES string of the molecule is CS(=O)(=O)c1ccc(-c2ccccc2)c(C(=O)N2CCN(c3ccc(Cl)c(Cl)c3)CC2)c1. The molecule has 0 bridgehead atoms. The fourth-order valence-corrected chi connectivity index (χ4v) is 4.76. The van der Waals surface area contributed by atoms with E-state index in [-0.39, 0.29) is 10.8 Å². The summed E-state index contributed by atoms with van der Waals surface area (Å²) in [6, 6.07) is 19.8. The number of hydrogen-bond acceptors (Lipinski definition) is 4. The Kier molecular flexibility index (Phi) is 6.47. The molecule has 8 heteroatoms. The average Bonchev–Trinajstić information content (AvgIpc) is 2.80. The third-order valence-electron chi connectivity index (χ3n) is 5.57. The molecule has 4 rings (SSSR count). The number of nitrogens with zero attached hydrogens (tertiary/aromatic N) is 2. The third kappa shape index (κ3) is 4.77. The highest BCUT2D eigenvalue weighted by Crippen LogP contribution is 2.30. The number of hydrogen-bond donors (Lipinski definition) is 0. The van der Waals surface area contributed by atoms with E-state index in [9.17, 15) is 13.2 Å². The molecule has 3 aromatic rings. The fourth-order valence-electron chi connectivity index (χ4n) is 3.82. The molecule has 1 fully saturated rings. The molecule has 32 heavy (non-hydrogen) atoms. The number of carbonyl (C=O) groups is 1. The Morgan fingerprint density at radius 3 is 2.16 bits per heavy atom. The van der Waals surface area contributed by atoms with Gasteiger partial charge in [-0.3, -0.25) is 4.79 Å². The minimum Gasteiger partial charge on any atom is -0.368 e. The van der Waals surface area contributed by atoms with Gasteiger partial charge >= 0.3 is 0 Å². The summed E-state index contributed by atoms with van der Waals surface area (Å²) in [7, 11) is -3.44. The lowest BCUT2D eigenvalue weighted by molar-refractivity contribution is 0.0747. The van der Waals surface area contributed by atoms with Crippen LogP contribution in [0.3, 0.4) is 0 Å². The lowest BCUT2D eigenvalue weighted by atomic mass is 9.98. The van der Waals surface area contributed by atoms with E-state index >= 15 is 0 Å². The van der Waals surface area contributed by atoms with Crippen LogP contribution < -0.4 is 4.90 Å². The summed E-state index contributed by atoms with van der Waals surface area (Å²) >= 11 is 12.2. The van der Waals surface area contributed by atoms with Crippen LogP contribution in [0, 0.1) is 0 Å².